The highest BCUT2D eigenvalue weighted by Gasteiger charge is 2.23. The number of hydrogen-bond donors (Lipinski definition) is 2. The van der Waals surface area contributed by atoms with E-state index in [1.807, 2.05) is 0 Å². The SMILES string of the molecule is COc1ccc(/C(O)=C(\N=Nc2ccccc2)C(=O)C(=O)O)cc1. The van der Waals surface area contributed by atoms with E-state index in [1.165, 1.54) is 19.2 Å². The monoisotopic (exact) mass is 326 g/mol. The fourth-order valence-corrected chi connectivity index (χ4v) is 1.79. The summed E-state index contributed by atoms with van der Waals surface area (Å²) in [6.45, 7) is 0. The van der Waals surface area contributed by atoms with E-state index >= 15 is 0 Å². The van der Waals surface area contributed by atoms with Crippen molar-refractivity contribution >= 4 is 23.2 Å². The summed E-state index contributed by atoms with van der Waals surface area (Å²) in [6.07, 6.45) is 0. The largest absolute Gasteiger partial charge is 0.505 e. The van der Waals surface area contributed by atoms with Crippen molar-refractivity contribution < 1.29 is 24.5 Å². The van der Waals surface area contributed by atoms with E-state index in [0.717, 1.165) is 0 Å². The third-order valence-electron chi connectivity index (χ3n) is 3.02. The fraction of sp³-hybridized carbons (Fsp3) is 0.0588. The van der Waals surface area contributed by atoms with E-state index in [1.54, 1.807) is 42.5 Å². The molecule has 0 aliphatic carbocycles. The molecule has 0 aromatic heterocycles. The number of azo groups is 1. The minimum atomic E-state index is -1.74. The molecule has 0 fully saturated rings. The van der Waals surface area contributed by atoms with Crippen molar-refractivity contribution in [3.8, 4) is 5.75 Å². The lowest BCUT2D eigenvalue weighted by Gasteiger charge is -2.05. The summed E-state index contributed by atoms with van der Waals surface area (Å²) in [4.78, 5) is 22.8. The second-order valence-electron chi connectivity index (χ2n) is 4.60. The summed E-state index contributed by atoms with van der Waals surface area (Å²) < 4.78 is 5.00. The summed E-state index contributed by atoms with van der Waals surface area (Å²) >= 11 is 0. The predicted molar refractivity (Wildman–Crippen MR) is 86.1 cm³/mol. The number of carboxylic acids is 1. The van der Waals surface area contributed by atoms with Gasteiger partial charge in [0.25, 0.3) is 5.78 Å². The van der Waals surface area contributed by atoms with Gasteiger partial charge < -0.3 is 14.9 Å². The van der Waals surface area contributed by atoms with Crippen LogP contribution in [-0.4, -0.2) is 29.1 Å². The number of benzene rings is 2. The van der Waals surface area contributed by atoms with Gasteiger partial charge in [-0.3, -0.25) is 4.79 Å². The van der Waals surface area contributed by atoms with Gasteiger partial charge in [0.15, 0.2) is 11.5 Å². The Morgan fingerprint density at radius 1 is 0.958 bits per heavy atom. The van der Waals surface area contributed by atoms with E-state index in [9.17, 15) is 14.7 Å². The highest BCUT2D eigenvalue weighted by atomic mass is 16.5. The Labute approximate surface area is 137 Å². The van der Waals surface area contributed by atoms with Crippen molar-refractivity contribution in [2.24, 2.45) is 10.2 Å². The Morgan fingerprint density at radius 3 is 2.12 bits per heavy atom. The molecule has 0 spiro atoms. The second kappa shape index (κ2) is 7.68. The lowest BCUT2D eigenvalue weighted by Crippen LogP contribution is -2.15. The maximum atomic E-state index is 11.8. The van der Waals surface area contributed by atoms with Crippen molar-refractivity contribution in [3.63, 3.8) is 0 Å². The number of aliphatic hydroxyl groups is 1. The number of rotatable bonds is 6. The van der Waals surface area contributed by atoms with Gasteiger partial charge in [0.2, 0.25) is 0 Å². The number of aliphatic hydroxyl groups excluding tert-OH is 1. The Bertz CT molecular complexity index is 795. The Kier molecular flexibility index (Phi) is 5.40. The molecule has 0 amide bonds. The van der Waals surface area contributed by atoms with E-state index < -0.39 is 23.2 Å². The summed E-state index contributed by atoms with van der Waals surface area (Å²) in [5.41, 5.74) is -0.0281. The van der Waals surface area contributed by atoms with Crippen LogP contribution in [0.3, 0.4) is 0 Å². The molecule has 2 N–H and O–H groups in total. The second-order valence-corrected chi connectivity index (χ2v) is 4.60. The van der Waals surface area contributed by atoms with Gasteiger partial charge in [-0.1, -0.05) is 18.2 Å². The molecular weight excluding hydrogens is 312 g/mol. The average Bonchev–Trinajstić information content (AvgIpc) is 2.62. The summed E-state index contributed by atoms with van der Waals surface area (Å²) in [5.74, 6) is -3.13. The van der Waals surface area contributed by atoms with Crippen LogP contribution < -0.4 is 4.74 Å². The lowest BCUT2D eigenvalue weighted by molar-refractivity contribution is -0.147. The van der Waals surface area contributed by atoms with Crippen LogP contribution in [0.25, 0.3) is 5.76 Å². The Hall–Kier alpha value is -3.48. The Balaban J connectivity index is 2.45. The van der Waals surface area contributed by atoms with Gasteiger partial charge >= 0.3 is 5.97 Å². The zero-order valence-electron chi connectivity index (χ0n) is 12.7. The molecule has 0 saturated heterocycles. The van der Waals surface area contributed by atoms with Crippen molar-refractivity contribution in [3.05, 3.63) is 65.9 Å². The molecule has 2 aromatic rings. The van der Waals surface area contributed by atoms with Gasteiger partial charge in [-0.25, -0.2) is 4.79 Å². The molecule has 7 heteroatoms. The number of Topliss-reactive ketones (excluding diaryl/α,β-unsaturated/α-hetero) is 1. The first-order valence-corrected chi connectivity index (χ1v) is 6.85. The van der Waals surface area contributed by atoms with Gasteiger partial charge in [0.1, 0.15) is 5.75 Å². The average molecular weight is 326 g/mol. The number of ketones is 1. The zero-order chi connectivity index (χ0) is 17.5. The van der Waals surface area contributed by atoms with E-state index in [-0.39, 0.29) is 5.56 Å². The zero-order valence-corrected chi connectivity index (χ0v) is 12.7. The molecule has 0 atom stereocenters. The molecular formula is C17H14N2O5. The van der Waals surface area contributed by atoms with Crippen LogP contribution in [0.15, 0.2) is 70.5 Å². The first-order chi connectivity index (χ1) is 11.5. The van der Waals surface area contributed by atoms with Crippen LogP contribution in [0.4, 0.5) is 5.69 Å². The minimum Gasteiger partial charge on any atom is -0.505 e. The molecule has 0 aliphatic heterocycles. The fourth-order valence-electron chi connectivity index (χ4n) is 1.79. The maximum absolute atomic E-state index is 11.8. The Morgan fingerprint density at radius 2 is 1.58 bits per heavy atom. The van der Waals surface area contributed by atoms with Gasteiger partial charge in [-0.15, -0.1) is 5.11 Å². The van der Waals surface area contributed by atoms with Crippen LogP contribution >= 0.6 is 0 Å². The van der Waals surface area contributed by atoms with Crippen molar-refractivity contribution in [1.82, 2.24) is 0 Å². The molecule has 0 unspecified atom stereocenters. The van der Waals surface area contributed by atoms with Crippen LogP contribution in [0.5, 0.6) is 5.75 Å². The topological polar surface area (TPSA) is 109 Å². The van der Waals surface area contributed by atoms with E-state index in [4.69, 9.17) is 9.84 Å². The van der Waals surface area contributed by atoms with Crippen molar-refractivity contribution in [2.75, 3.05) is 7.11 Å². The number of carboxylic acid groups (broad SMARTS) is 1. The highest BCUT2D eigenvalue weighted by Crippen LogP contribution is 2.22. The number of carbonyl (C=O) groups excluding carboxylic acids is 1. The van der Waals surface area contributed by atoms with Crippen molar-refractivity contribution in [2.45, 2.75) is 0 Å². The van der Waals surface area contributed by atoms with Crippen LogP contribution in [0.2, 0.25) is 0 Å². The van der Waals surface area contributed by atoms with E-state index in [2.05, 4.69) is 10.2 Å². The smallest absolute Gasteiger partial charge is 0.379 e. The van der Waals surface area contributed by atoms with Gasteiger partial charge in [-0.05, 0) is 36.4 Å². The molecule has 24 heavy (non-hydrogen) atoms. The first kappa shape index (κ1) is 16.9. The van der Waals surface area contributed by atoms with Gasteiger partial charge in [-0.2, -0.15) is 5.11 Å². The van der Waals surface area contributed by atoms with Crippen LogP contribution in [0, 0.1) is 0 Å². The number of methoxy groups -OCH3 is 1. The lowest BCUT2D eigenvalue weighted by atomic mass is 10.1. The number of nitrogens with zero attached hydrogens (tertiary/aromatic N) is 2. The summed E-state index contributed by atoms with van der Waals surface area (Å²) in [6, 6.07) is 14.5. The molecule has 0 radical (unpaired) electrons. The third-order valence-corrected chi connectivity index (χ3v) is 3.02. The molecule has 122 valence electrons. The van der Waals surface area contributed by atoms with Crippen LogP contribution in [-0.2, 0) is 9.59 Å². The molecule has 2 aromatic carbocycles. The van der Waals surface area contributed by atoms with Gasteiger partial charge in [0.05, 0.1) is 12.8 Å². The standard InChI is InChI=1S/C17H14N2O5/c1-24-13-9-7-11(8-10-13)15(20)14(16(21)17(22)23)19-18-12-5-3-2-4-6-12/h2-10,20H,1H3,(H,22,23)/b15-14+,19-18?. The number of carbonyl (C=O) groups is 2. The van der Waals surface area contributed by atoms with Crippen molar-refractivity contribution in [1.29, 1.82) is 0 Å². The normalized spacial score (nSPS) is 11.9. The molecule has 7 nitrogen and oxygen atoms in total. The summed E-state index contributed by atoms with van der Waals surface area (Å²) in [5, 5.41) is 26.6. The minimum absolute atomic E-state index is 0.215. The number of hydrogen-bond acceptors (Lipinski definition) is 6. The predicted octanol–water partition coefficient (Wildman–Crippen LogP) is 3.36. The number of aliphatic carboxylic acids is 1. The first-order valence-electron chi connectivity index (χ1n) is 6.85. The maximum Gasteiger partial charge on any atom is 0.379 e. The highest BCUT2D eigenvalue weighted by molar-refractivity contribution is 6.40. The van der Waals surface area contributed by atoms with Gasteiger partial charge in [0, 0.05) is 5.56 Å². The molecule has 2 rings (SSSR count). The molecule has 0 heterocycles. The summed E-state index contributed by atoms with van der Waals surface area (Å²) in [7, 11) is 1.48. The third kappa shape index (κ3) is 4.04. The van der Waals surface area contributed by atoms with E-state index in [0.29, 0.717) is 11.4 Å². The molecule has 0 bridgehead atoms. The van der Waals surface area contributed by atoms with Crippen LogP contribution in [0.1, 0.15) is 5.56 Å². The number of ether oxygens (including phenoxy) is 1. The molecule has 0 saturated carbocycles. The molecule has 0 aliphatic rings. The quantitative estimate of drug-likeness (QED) is 0.366.